The number of fused-ring (bicyclic) bond motifs is 5. The van der Waals surface area contributed by atoms with Crippen molar-refractivity contribution in [2.45, 2.75) is 71.3 Å². The maximum Gasteiger partial charge on any atom is 0.333 e. The molecule has 0 aromatic rings. The predicted octanol–water partition coefficient (Wildman–Crippen LogP) is 3.58. The van der Waals surface area contributed by atoms with Crippen LogP contribution in [0.2, 0.25) is 0 Å². The smallest absolute Gasteiger partial charge is 0.333 e. The number of carboxylic acids is 1. The molecule has 4 nitrogen and oxygen atoms in total. The van der Waals surface area contributed by atoms with Crippen LogP contribution in [0.1, 0.15) is 65.2 Å². The van der Waals surface area contributed by atoms with Crippen LogP contribution in [0.5, 0.6) is 0 Å². The summed E-state index contributed by atoms with van der Waals surface area (Å²) >= 11 is 0. The van der Waals surface area contributed by atoms with Gasteiger partial charge < -0.3 is 10.2 Å². The minimum Gasteiger partial charge on any atom is -0.479 e. The zero-order valence-electron chi connectivity index (χ0n) is 15.3. The molecule has 2 unspecified atom stereocenters. The Morgan fingerprint density at radius 3 is 2.68 bits per heavy atom. The summed E-state index contributed by atoms with van der Waals surface area (Å²) in [5, 5.41) is 19.3. The van der Waals surface area contributed by atoms with Crippen molar-refractivity contribution in [1.82, 2.24) is 0 Å². The van der Waals surface area contributed by atoms with Gasteiger partial charge in [0, 0.05) is 0 Å². The number of ketones is 1. The van der Waals surface area contributed by atoms with E-state index in [9.17, 15) is 19.8 Å². The number of hydrogen-bond donors (Lipinski definition) is 2. The van der Waals surface area contributed by atoms with Crippen molar-refractivity contribution in [2.75, 3.05) is 0 Å². The molecule has 0 aromatic carbocycles. The summed E-state index contributed by atoms with van der Waals surface area (Å²) in [7, 11) is 0. The Balaban J connectivity index is 1.67. The number of allylic oxidation sites excluding steroid dienone is 1. The molecule has 0 radical (unpaired) electrons. The Labute approximate surface area is 149 Å². The molecule has 0 spiro atoms. The van der Waals surface area contributed by atoms with E-state index >= 15 is 0 Å². The molecule has 138 valence electrons. The van der Waals surface area contributed by atoms with E-state index in [0.717, 1.165) is 12.3 Å². The first-order valence-corrected chi connectivity index (χ1v) is 9.92. The van der Waals surface area contributed by atoms with Crippen molar-refractivity contribution in [3.05, 3.63) is 11.6 Å². The molecule has 4 aliphatic carbocycles. The van der Waals surface area contributed by atoms with E-state index in [1.165, 1.54) is 44.1 Å². The number of aliphatic hydroxyl groups is 1. The van der Waals surface area contributed by atoms with Crippen LogP contribution in [-0.2, 0) is 9.59 Å². The third-order valence-electron chi connectivity index (χ3n) is 8.48. The quantitative estimate of drug-likeness (QED) is 0.801. The van der Waals surface area contributed by atoms with E-state index in [1.54, 1.807) is 6.08 Å². The van der Waals surface area contributed by atoms with Gasteiger partial charge in [0.25, 0.3) is 0 Å². The molecule has 0 aromatic heterocycles. The zero-order valence-corrected chi connectivity index (χ0v) is 15.3. The molecule has 0 aliphatic heterocycles. The molecule has 3 fully saturated rings. The average Bonchev–Trinajstić information content (AvgIpc) is 2.96. The molecule has 0 bridgehead atoms. The molecular formula is C21H30O4. The number of aliphatic hydroxyl groups excluding tert-OH is 1. The minimum absolute atomic E-state index is 0.123. The second kappa shape index (κ2) is 5.67. The highest BCUT2D eigenvalue weighted by Gasteiger charge is 2.57. The van der Waals surface area contributed by atoms with Gasteiger partial charge in [-0.15, -0.1) is 0 Å². The topological polar surface area (TPSA) is 74.6 Å². The summed E-state index contributed by atoms with van der Waals surface area (Å²) in [6, 6.07) is 0. The van der Waals surface area contributed by atoms with E-state index in [2.05, 4.69) is 13.8 Å². The molecule has 3 saturated carbocycles. The molecule has 25 heavy (non-hydrogen) atoms. The second-order valence-electron chi connectivity index (χ2n) is 9.58. The van der Waals surface area contributed by atoms with Gasteiger partial charge in [0.1, 0.15) is 0 Å². The van der Waals surface area contributed by atoms with Crippen LogP contribution in [0.3, 0.4) is 0 Å². The Hall–Kier alpha value is -1.16. The third-order valence-corrected chi connectivity index (χ3v) is 8.48. The summed E-state index contributed by atoms with van der Waals surface area (Å²) in [5.41, 5.74) is 1.58. The van der Waals surface area contributed by atoms with Crippen molar-refractivity contribution in [2.24, 2.45) is 34.5 Å². The van der Waals surface area contributed by atoms with Crippen LogP contribution in [0.25, 0.3) is 0 Å². The third kappa shape index (κ3) is 2.43. The standard InChI is InChI=1S/C21H30O4/c1-20-8-3-4-15(20)13-6-5-12-10-17(22)14(18(23)19(24)25)11-21(12,2)16(13)7-9-20/h10,13-16,18,23H,3-9,11H2,1-2H3,(H,24,25)/t13-,14?,15-,16+,18?,20-,21-/m0/s1. The number of rotatable bonds is 2. The molecule has 4 heteroatoms. The molecule has 7 atom stereocenters. The van der Waals surface area contributed by atoms with Crippen LogP contribution in [-0.4, -0.2) is 28.1 Å². The summed E-state index contributed by atoms with van der Waals surface area (Å²) in [5.74, 6) is -0.257. The Kier molecular flexibility index (Phi) is 3.91. The highest BCUT2D eigenvalue weighted by molar-refractivity contribution is 5.97. The minimum atomic E-state index is -1.58. The highest BCUT2D eigenvalue weighted by Crippen LogP contribution is 2.65. The first kappa shape index (κ1) is 17.3. The van der Waals surface area contributed by atoms with Gasteiger partial charge in [-0.3, -0.25) is 4.79 Å². The molecule has 0 amide bonds. The van der Waals surface area contributed by atoms with Crippen LogP contribution in [0.4, 0.5) is 0 Å². The van der Waals surface area contributed by atoms with Gasteiger partial charge in [0.05, 0.1) is 5.92 Å². The van der Waals surface area contributed by atoms with Gasteiger partial charge in [-0.2, -0.15) is 0 Å². The molecule has 0 heterocycles. The van der Waals surface area contributed by atoms with E-state index < -0.39 is 18.0 Å². The van der Waals surface area contributed by atoms with Crippen LogP contribution >= 0.6 is 0 Å². The van der Waals surface area contributed by atoms with Crippen molar-refractivity contribution < 1.29 is 19.8 Å². The highest BCUT2D eigenvalue weighted by atomic mass is 16.4. The van der Waals surface area contributed by atoms with Gasteiger partial charge in [-0.05, 0) is 79.6 Å². The second-order valence-corrected chi connectivity index (χ2v) is 9.58. The van der Waals surface area contributed by atoms with Gasteiger partial charge >= 0.3 is 5.97 Å². The normalized spacial score (nSPS) is 47.3. The van der Waals surface area contributed by atoms with Crippen molar-refractivity contribution in [1.29, 1.82) is 0 Å². The lowest BCUT2D eigenvalue weighted by molar-refractivity contribution is -0.154. The largest absolute Gasteiger partial charge is 0.479 e. The maximum absolute atomic E-state index is 12.4. The fourth-order valence-corrected chi connectivity index (χ4v) is 7.12. The fourth-order valence-electron chi connectivity index (χ4n) is 7.12. The lowest BCUT2D eigenvalue weighted by Gasteiger charge is -2.58. The first-order chi connectivity index (χ1) is 11.8. The van der Waals surface area contributed by atoms with Gasteiger partial charge in [0.2, 0.25) is 0 Å². The van der Waals surface area contributed by atoms with E-state index in [1.807, 2.05) is 0 Å². The summed E-state index contributed by atoms with van der Waals surface area (Å²) in [4.78, 5) is 23.7. The number of carbonyl (C=O) groups excluding carboxylic acids is 1. The van der Waals surface area contributed by atoms with Crippen LogP contribution in [0, 0.1) is 34.5 Å². The lowest BCUT2D eigenvalue weighted by atomic mass is 9.46. The summed E-state index contributed by atoms with van der Waals surface area (Å²) in [6.07, 6.45) is 9.18. The first-order valence-electron chi connectivity index (χ1n) is 9.92. The fraction of sp³-hybridized carbons (Fsp3) is 0.810. The molecule has 4 rings (SSSR count). The molecule has 4 aliphatic rings. The Bertz CT molecular complexity index is 638. The molecule has 2 N–H and O–H groups in total. The maximum atomic E-state index is 12.4. The average molecular weight is 346 g/mol. The van der Waals surface area contributed by atoms with Crippen LogP contribution in [0.15, 0.2) is 11.6 Å². The van der Waals surface area contributed by atoms with Crippen molar-refractivity contribution in [3.63, 3.8) is 0 Å². The van der Waals surface area contributed by atoms with Crippen LogP contribution < -0.4 is 0 Å². The zero-order chi connectivity index (χ0) is 18.0. The van der Waals surface area contributed by atoms with E-state index in [-0.39, 0.29) is 11.2 Å². The Morgan fingerprint density at radius 2 is 1.96 bits per heavy atom. The van der Waals surface area contributed by atoms with Gasteiger partial charge in [0.15, 0.2) is 11.9 Å². The predicted molar refractivity (Wildman–Crippen MR) is 93.8 cm³/mol. The van der Waals surface area contributed by atoms with E-state index in [4.69, 9.17) is 0 Å². The number of aliphatic carboxylic acids is 1. The van der Waals surface area contributed by atoms with Crippen molar-refractivity contribution in [3.8, 4) is 0 Å². The summed E-state index contributed by atoms with van der Waals surface area (Å²) < 4.78 is 0. The van der Waals surface area contributed by atoms with Gasteiger partial charge in [-0.25, -0.2) is 4.79 Å². The van der Waals surface area contributed by atoms with Crippen molar-refractivity contribution >= 4 is 11.8 Å². The SMILES string of the molecule is C[C@@]12CCC[C@H]1[C@@H]1CCC3=CC(=O)C(C(O)C(=O)O)C[C@]3(C)[C@@H]1CC2. The number of carbonyl (C=O) groups is 2. The van der Waals surface area contributed by atoms with E-state index in [0.29, 0.717) is 23.7 Å². The Morgan fingerprint density at radius 1 is 1.20 bits per heavy atom. The summed E-state index contributed by atoms with van der Waals surface area (Å²) in [6.45, 7) is 4.71. The number of hydrogen-bond acceptors (Lipinski definition) is 3. The monoisotopic (exact) mass is 346 g/mol. The molecular weight excluding hydrogens is 316 g/mol. The molecule has 0 saturated heterocycles. The van der Waals surface area contributed by atoms with Gasteiger partial charge in [-0.1, -0.05) is 25.8 Å². The number of carboxylic acid groups (broad SMARTS) is 1. The lowest BCUT2D eigenvalue weighted by Crippen LogP contribution is -2.52.